The molecule has 0 heterocycles. The molecule has 0 aliphatic heterocycles. The highest BCUT2D eigenvalue weighted by molar-refractivity contribution is 5.70. The fourth-order valence-corrected chi connectivity index (χ4v) is 3.69. The highest BCUT2D eigenvalue weighted by atomic mass is 16.6. The van der Waals surface area contributed by atoms with E-state index >= 15 is 0 Å². The van der Waals surface area contributed by atoms with Gasteiger partial charge in [0.05, 0.1) is 5.54 Å². The number of hydrogen-bond donors (Lipinski definition) is 0. The molecular weight excluding hydrogens is 310 g/mol. The summed E-state index contributed by atoms with van der Waals surface area (Å²) in [7, 11) is 0. The molecule has 2 rings (SSSR count). The molecule has 1 aliphatic rings. The van der Waals surface area contributed by atoms with Crippen molar-refractivity contribution in [1.82, 2.24) is 4.90 Å². The number of ether oxygens (including phenoxy) is 1. The molecule has 0 N–H and O–H groups in total. The van der Waals surface area contributed by atoms with Crippen molar-refractivity contribution in [1.29, 1.82) is 0 Å². The van der Waals surface area contributed by atoms with E-state index in [1.165, 1.54) is 5.57 Å². The molecule has 0 saturated carbocycles. The Morgan fingerprint density at radius 3 is 2.36 bits per heavy atom. The van der Waals surface area contributed by atoms with Gasteiger partial charge in [0.25, 0.3) is 0 Å². The lowest BCUT2D eigenvalue weighted by molar-refractivity contribution is -0.00120. The molecule has 0 saturated heterocycles. The first-order valence-corrected chi connectivity index (χ1v) is 9.34. The first-order chi connectivity index (χ1) is 11.6. The molecule has 1 aliphatic carbocycles. The van der Waals surface area contributed by atoms with Crippen molar-refractivity contribution in [2.45, 2.75) is 78.5 Å². The minimum atomic E-state index is -0.498. The highest BCUT2D eigenvalue weighted by Gasteiger charge is 2.42. The van der Waals surface area contributed by atoms with Crippen LogP contribution >= 0.6 is 0 Å². The van der Waals surface area contributed by atoms with E-state index in [4.69, 9.17) is 4.74 Å². The lowest BCUT2D eigenvalue weighted by atomic mass is 9.86. The van der Waals surface area contributed by atoms with E-state index in [2.05, 4.69) is 39.0 Å². The average molecular weight is 344 g/mol. The van der Waals surface area contributed by atoms with Crippen molar-refractivity contribution in [3.63, 3.8) is 0 Å². The van der Waals surface area contributed by atoms with Crippen molar-refractivity contribution in [2.75, 3.05) is 0 Å². The van der Waals surface area contributed by atoms with Gasteiger partial charge in [-0.05, 0) is 58.4 Å². The fourth-order valence-electron chi connectivity index (χ4n) is 3.69. The summed E-state index contributed by atoms with van der Waals surface area (Å²) in [4.78, 5) is 15.1. The van der Waals surface area contributed by atoms with Crippen LogP contribution in [0.1, 0.15) is 66.4 Å². The van der Waals surface area contributed by atoms with Crippen LogP contribution in [0.2, 0.25) is 0 Å². The van der Waals surface area contributed by atoms with Gasteiger partial charge in [-0.25, -0.2) is 4.79 Å². The maximum absolute atomic E-state index is 13.1. The van der Waals surface area contributed by atoms with Crippen molar-refractivity contribution in [3.8, 4) is 0 Å². The normalized spacial score (nSPS) is 20.5. The fraction of sp³-hybridized carbons (Fsp3) is 0.591. The zero-order valence-electron chi connectivity index (χ0n) is 16.6. The van der Waals surface area contributed by atoms with Crippen LogP contribution in [0.3, 0.4) is 0 Å². The third-order valence-electron chi connectivity index (χ3n) is 4.56. The number of amides is 1. The van der Waals surface area contributed by atoms with Crippen LogP contribution in [-0.4, -0.2) is 22.1 Å². The van der Waals surface area contributed by atoms with Gasteiger partial charge in [0.1, 0.15) is 5.60 Å². The molecule has 0 fully saturated rings. The molecule has 1 aromatic rings. The quantitative estimate of drug-likeness (QED) is 0.618. The van der Waals surface area contributed by atoms with E-state index in [-0.39, 0.29) is 11.6 Å². The summed E-state index contributed by atoms with van der Waals surface area (Å²) in [5.41, 5.74) is 1.75. The summed E-state index contributed by atoms with van der Waals surface area (Å²) in [5, 5.41) is 0. The third-order valence-corrected chi connectivity index (χ3v) is 4.56. The summed E-state index contributed by atoms with van der Waals surface area (Å²) < 4.78 is 5.78. The van der Waals surface area contributed by atoms with Crippen molar-refractivity contribution < 1.29 is 9.53 Å². The summed E-state index contributed by atoms with van der Waals surface area (Å²) in [6, 6.07) is 10.2. The summed E-state index contributed by atoms with van der Waals surface area (Å²) in [5.74, 6) is 0.503. The number of rotatable bonds is 5. The second kappa shape index (κ2) is 7.63. The predicted octanol–water partition coefficient (Wildman–Crippen LogP) is 5.95. The van der Waals surface area contributed by atoms with Gasteiger partial charge in [-0.3, -0.25) is 4.90 Å². The summed E-state index contributed by atoms with van der Waals surface area (Å²) in [6.07, 6.45) is 5.06. The molecule has 25 heavy (non-hydrogen) atoms. The first kappa shape index (κ1) is 19.6. The number of benzene rings is 1. The molecule has 1 aromatic carbocycles. The van der Waals surface area contributed by atoms with Crippen LogP contribution in [0.4, 0.5) is 4.79 Å². The minimum absolute atomic E-state index is 0.219. The van der Waals surface area contributed by atoms with Crippen molar-refractivity contribution >= 4 is 6.09 Å². The average Bonchev–Trinajstić information content (AvgIpc) is 2.85. The number of hydrogen-bond acceptors (Lipinski definition) is 2. The molecule has 0 radical (unpaired) electrons. The van der Waals surface area contributed by atoms with E-state index in [1.807, 2.05) is 43.9 Å². The Bertz CT molecular complexity index is 613. The molecule has 1 amide bonds. The van der Waals surface area contributed by atoms with Crippen LogP contribution < -0.4 is 0 Å². The Hall–Kier alpha value is -1.77. The highest BCUT2D eigenvalue weighted by Crippen LogP contribution is 2.40. The van der Waals surface area contributed by atoms with Crippen molar-refractivity contribution in [3.05, 3.63) is 47.5 Å². The Morgan fingerprint density at radius 2 is 1.88 bits per heavy atom. The monoisotopic (exact) mass is 343 g/mol. The molecule has 0 bridgehead atoms. The maximum atomic E-state index is 13.1. The van der Waals surface area contributed by atoms with Gasteiger partial charge in [0.2, 0.25) is 0 Å². The first-order valence-electron chi connectivity index (χ1n) is 9.34. The molecule has 1 atom stereocenters. The van der Waals surface area contributed by atoms with E-state index in [9.17, 15) is 4.79 Å². The van der Waals surface area contributed by atoms with Crippen LogP contribution in [0.25, 0.3) is 0 Å². The number of carbonyl (C=O) groups excluding carboxylic acids is 1. The Balaban J connectivity index is 2.39. The zero-order chi connectivity index (χ0) is 18.7. The van der Waals surface area contributed by atoms with Gasteiger partial charge in [-0.1, -0.05) is 55.8 Å². The lowest BCUT2D eigenvalue weighted by Crippen LogP contribution is -2.51. The van der Waals surface area contributed by atoms with Gasteiger partial charge in [-0.2, -0.15) is 0 Å². The van der Waals surface area contributed by atoms with Gasteiger partial charge in [0.15, 0.2) is 0 Å². The second-order valence-corrected chi connectivity index (χ2v) is 8.74. The van der Waals surface area contributed by atoms with Gasteiger partial charge in [0, 0.05) is 6.54 Å². The third kappa shape index (κ3) is 5.35. The van der Waals surface area contributed by atoms with E-state index in [0.717, 1.165) is 24.8 Å². The number of allylic oxidation sites excluding steroid dienone is 1. The van der Waals surface area contributed by atoms with Crippen LogP contribution in [-0.2, 0) is 11.3 Å². The van der Waals surface area contributed by atoms with Crippen molar-refractivity contribution in [2.24, 2.45) is 5.92 Å². The molecular formula is C22H33NO2. The Morgan fingerprint density at radius 1 is 1.24 bits per heavy atom. The summed E-state index contributed by atoms with van der Waals surface area (Å²) >= 11 is 0. The second-order valence-electron chi connectivity index (χ2n) is 8.74. The molecule has 3 nitrogen and oxygen atoms in total. The van der Waals surface area contributed by atoms with E-state index < -0.39 is 5.60 Å². The molecule has 0 unspecified atom stereocenters. The topological polar surface area (TPSA) is 29.5 Å². The minimum Gasteiger partial charge on any atom is -0.444 e. The Kier molecular flexibility index (Phi) is 5.97. The zero-order valence-corrected chi connectivity index (χ0v) is 16.6. The van der Waals surface area contributed by atoms with E-state index in [1.54, 1.807) is 0 Å². The SMILES string of the molecule is CC1=C[C@@](CC(C)C)(N(Cc2ccccc2)C(=O)OC(C)(C)C)CC1. The van der Waals surface area contributed by atoms with Crippen LogP contribution in [0.15, 0.2) is 42.0 Å². The lowest BCUT2D eigenvalue weighted by Gasteiger charge is -2.42. The molecule has 138 valence electrons. The van der Waals surface area contributed by atoms with Gasteiger partial charge < -0.3 is 4.74 Å². The van der Waals surface area contributed by atoms with E-state index in [0.29, 0.717) is 12.5 Å². The van der Waals surface area contributed by atoms with Gasteiger partial charge in [-0.15, -0.1) is 0 Å². The predicted molar refractivity (Wildman–Crippen MR) is 103 cm³/mol. The molecule has 3 heteroatoms. The largest absolute Gasteiger partial charge is 0.444 e. The summed E-state index contributed by atoms with van der Waals surface area (Å²) in [6.45, 7) is 13.0. The molecule has 0 aromatic heterocycles. The number of nitrogens with zero attached hydrogens (tertiary/aromatic N) is 1. The smallest absolute Gasteiger partial charge is 0.411 e. The Labute approximate surface area is 153 Å². The maximum Gasteiger partial charge on any atom is 0.411 e. The molecule has 0 spiro atoms. The van der Waals surface area contributed by atoms with Crippen LogP contribution in [0.5, 0.6) is 0 Å². The number of carbonyl (C=O) groups is 1. The standard InChI is InChI=1S/C22H33NO2/c1-17(2)14-22(13-12-18(3)15-22)23(20(24)25-21(4,5)6)16-19-10-8-7-9-11-19/h7-11,15,17H,12-14,16H2,1-6H3/t22-/m1/s1. The van der Waals surface area contributed by atoms with Crippen LogP contribution in [0, 0.1) is 5.92 Å². The van der Waals surface area contributed by atoms with Gasteiger partial charge >= 0.3 is 6.09 Å².